The molecule has 172 valence electrons. The lowest BCUT2D eigenvalue weighted by atomic mass is 9.95. The zero-order chi connectivity index (χ0) is 22.1. The van der Waals surface area contributed by atoms with E-state index in [1.807, 2.05) is 0 Å². The predicted molar refractivity (Wildman–Crippen MR) is 125 cm³/mol. The number of carbonyl (C=O) groups excluding carboxylic acids is 1. The normalized spacial score (nSPS) is 20.1. The number of anilines is 2. The van der Waals surface area contributed by atoms with E-state index in [1.54, 1.807) is 6.33 Å². The van der Waals surface area contributed by atoms with Gasteiger partial charge in [0.1, 0.15) is 23.8 Å². The highest BCUT2D eigenvalue weighted by Crippen LogP contribution is 2.34. The van der Waals surface area contributed by atoms with Crippen LogP contribution in [0.15, 0.2) is 12.5 Å². The summed E-state index contributed by atoms with van der Waals surface area (Å²) in [6, 6.07) is 0. The van der Waals surface area contributed by atoms with Gasteiger partial charge in [0.25, 0.3) is 0 Å². The molecule has 5 rings (SSSR count). The van der Waals surface area contributed by atoms with E-state index in [2.05, 4.69) is 49.7 Å². The van der Waals surface area contributed by atoms with Gasteiger partial charge < -0.3 is 19.7 Å². The van der Waals surface area contributed by atoms with Gasteiger partial charge in [-0.05, 0) is 51.1 Å². The lowest BCUT2D eigenvalue weighted by Gasteiger charge is -2.34. The molecule has 5 heterocycles. The molecule has 2 saturated heterocycles. The van der Waals surface area contributed by atoms with Gasteiger partial charge in [0, 0.05) is 50.3 Å². The summed E-state index contributed by atoms with van der Waals surface area (Å²) in [6.45, 7) is 11.0. The molecule has 0 aliphatic carbocycles. The molecule has 3 aliphatic rings. The second kappa shape index (κ2) is 9.17. The number of carbonyl (C=O) groups is 1. The van der Waals surface area contributed by atoms with E-state index in [4.69, 9.17) is 4.98 Å². The molecule has 2 aromatic heterocycles. The summed E-state index contributed by atoms with van der Waals surface area (Å²) < 4.78 is 2.44. The van der Waals surface area contributed by atoms with E-state index in [1.165, 1.54) is 37.4 Å². The first-order valence-electron chi connectivity index (χ1n) is 12.3. The number of aromatic nitrogens is 4. The SMILES string of the molecule is CC(C)c1cn(CCN2CCCC2)c(C2CCN(c3ncnc4c3CCC(=O)N4)CC2)n1. The molecule has 0 spiro atoms. The summed E-state index contributed by atoms with van der Waals surface area (Å²) in [7, 11) is 0. The van der Waals surface area contributed by atoms with Gasteiger partial charge in [-0.2, -0.15) is 0 Å². The Labute approximate surface area is 190 Å². The lowest BCUT2D eigenvalue weighted by molar-refractivity contribution is -0.116. The molecule has 1 N–H and O–H groups in total. The van der Waals surface area contributed by atoms with E-state index in [0.717, 1.165) is 56.8 Å². The standard InChI is InChI=1S/C24H35N7O/c1-17(2)20-15-31(14-13-29-9-3-4-10-29)23(27-20)18-7-11-30(12-8-18)24-19-5-6-21(32)28-22(19)25-16-26-24/h15-18H,3-14H2,1-2H3,(H,25,26,28,32). The van der Waals surface area contributed by atoms with Gasteiger partial charge in [0.15, 0.2) is 0 Å². The summed E-state index contributed by atoms with van der Waals surface area (Å²) in [5.41, 5.74) is 2.30. The predicted octanol–water partition coefficient (Wildman–Crippen LogP) is 3.16. The smallest absolute Gasteiger partial charge is 0.225 e. The number of nitrogens with zero attached hydrogens (tertiary/aromatic N) is 6. The minimum atomic E-state index is 0.0441. The molecule has 0 aromatic carbocycles. The third-order valence-electron chi connectivity index (χ3n) is 7.22. The fourth-order valence-electron chi connectivity index (χ4n) is 5.29. The van der Waals surface area contributed by atoms with Crippen LogP contribution < -0.4 is 10.2 Å². The average Bonchev–Trinajstić information content (AvgIpc) is 3.47. The van der Waals surface area contributed by atoms with Gasteiger partial charge in [0.05, 0.1) is 5.69 Å². The summed E-state index contributed by atoms with van der Waals surface area (Å²) in [6.07, 6.45) is 9.92. The first kappa shape index (κ1) is 21.4. The molecule has 1 amide bonds. The molecule has 0 bridgehead atoms. The second-order valence-corrected chi connectivity index (χ2v) is 9.75. The Bertz CT molecular complexity index is 955. The van der Waals surface area contributed by atoms with Crippen LogP contribution in [0.4, 0.5) is 11.6 Å². The van der Waals surface area contributed by atoms with Crippen LogP contribution in [0.1, 0.15) is 74.9 Å². The van der Waals surface area contributed by atoms with Crippen molar-refractivity contribution in [1.29, 1.82) is 0 Å². The van der Waals surface area contributed by atoms with E-state index >= 15 is 0 Å². The Balaban J connectivity index is 1.29. The maximum Gasteiger partial charge on any atom is 0.225 e. The fraction of sp³-hybridized carbons (Fsp3) is 0.667. The quantitative estimate of drug-likeness (QED) is 0.748. The minimum Gasteiger partial charge on any atom is -0.356 e. The van der Waals surface area contributed by atoms with Gasteiger partial charge >= 0.3 is 0 Å². The highest BCUT2D eigenvalue weighted by molar-refractivity contribution is 5.93. The van der Waals surface area contributed by atoms with E-state index < -0.39 is 0 Å². The van der Waals surface area contributed by atoms with Crippen molar-refractivity contribution in [3.8, 4) is 0 Å². The number of piperidine rings is 1. The van der Waals surface area contributed by atoms with Crippen molar-refractivity contribution in [2.75, 3.05) is 42.9 Å². The lowest BCUT2D eigenvalue weighted by Crippen LogP contribution is -2.36. The number of fused-ring (bicyclic) bond motifs is 1. The average molecular weight is 438 g/mol. The van der Waals surface area contributed by atoms with E-state index in [-0.39, 0.29) is 5.91 Å². The van der Waals surface area contributed by atoms with Crippen molar-refractivity contribution in [3.63, 3.8) is 0 Å². The van der Waals surface area contributed by atoms with Crippen molar-refractivity contribution in [3.05, 3.63) is 29.6 Å². The Hall–Kier alpha value is -2.48. The molecule has 8 heteroatoms. The summed E-state index contributed by atoms with van der Waals surface area (Å²) in [5, 5.41) is 2.90. The Morgan fingerprint density at radius 2 is 1.84 bits per heavy atom. The van der Waals surface area contributed by atoms with Crippen LogP contribution in [0.2, 0.25) is 0 Å². The number of imidazole rings is 1. The van der Waals surface area contributed by atoms with Gasteiger partial charge in [-0.15, -0.1) is 0 Å². The van der Waals surface area contributed by atoms with Crippen molar-refractivity contribution >= 4 is 17.5 Å². The molecule has 0 saturated carbocycles. The number of hydrogen-bond donors (Lipinski definition) is 1. The Morgan fingerprint density at radius 1 is 1.06 bits per heavy atom. The number of amides is 1. The molecule has 2 fully saturated rings. The maximum atomic E-state index is 11.7. The molecule has 0 atom stereocenters. The molecule has 0 unspecified atom stereocenters. The first-order valence-corrected chi connectivity index (χ1v) is 12.3. The second-order valence-electron chi connectivity index (χ2n) is 9.75. The van der Waals surface area contributed by atoms with Gasteiger partial charge in [0.2, 0.25) is 5.91 Å². The van der Waals surface area contributed by atoms with E-state index in [9.17, 15) is 4.79 Å². The van der Waals surface area contributed by atoms with Crippen LogP contribution in [0.3, 0.4) is 0 Å². The van der Waals surface area contributed by atoms with Crippen LogP contribution in [0, 0.1) is 0 Å². The van der Waals surface area contributed by atoms with Crippen LogP contribution in [-0.2, 0) is 17.8 Å². The number of rotatable bonds is 6. The zero-order valence-corrected chi connectivity index (χ0v) is 19.4. The largest absolute Gasteiger partial charge is 0.356 e. The Morgan fingerprint density at radius 3 is 2.59 bits per heavy atom. The zero-order valence-electron chi connectivity index (χ0n) is 19.4. The van der Waals surface area contributed by atoms with Gasteiger partial charge in [-0.3, -0.25) is 4.79 Å². The van der Waals surface area contributed by atoms with Crippen LogP contribution in [-0.4, -0.2) is 63.0 Å². The van der Waals surface area contributed by atoms with Crippen molar-refractivity contribution in [1.82, 2.24) is 24.4 Å². The molecule has 0 radical (unpaired) electrons. The highest BCUT2D eigenvalue weighted by atomic mass is 16.1. The topological polar surface area (TPSA) is 79.2 Å². The molecule has 8 nitrogen and oxygen atoms in total. The molecular weight excluding hydrogens is 402 g/mol. The number of likely N-dealkylation sites (tertiary alicyclic amines) is 1. The molecule has 3 aliphatic heterocycles. The summed E-state index contributed by atoms with van der Waals surface area (Å²) in [4.78, 5) is 30.7. The van der Waals surface area contributed by atoms with Crippen molar-refractivity contribution in [2.45, 2.75) is 70.8 Å². The van der Waals surface area contributed by atoms with Gasteiger partial charge in [-0.1, -0.05) is 13.8 Å². The van der Waals surface area contributed by atoms with Gasteiger partial charge in [-0.25, -0.2) is 15.0 Å². The van der Waals surface area contributed by atoms with Crippen LogP contribution in [0.25, 0.3) is 0 Å². The summed E-state index contributed by atoms with van der Waals surface area (Å²) in [5.74, 6) is 3.92. The number of hydrogen-bond acceptors (Lipinski definition) is 6. The minimum absolute atomic E-state index is 0.0441. The summed E-state index contributed by atoms with van der Waals surface area (Å²) >= 11 is 0. The number of nitrogens with one attached hydrogen (secondary N) is 1. The van der Waals surface area contributed by atoms with Crippen molar-refractivity contribution in [2.24, 2.45) is 0 Å². The monoisotopic (exact) mass is 437 g/mol. The van der Waals surface area contributed by atoms with Crippen LogP contribution >= 0.6 is 0 Å². The molecule has 32 heavy (non-hydrogen) atoms. The third-order valence-corrected chi connectivity index (χ3v) is 7.22. The van der Waals surface area contributed by atoms with Crippen molar-refractivity contribution < 1.29 is 4.79 Å². The maximum absolute atomic E-state index is 11.7. The van der Waals surface area contributed by atoms with Crippen LogP contribution in [0.5, 0.6) is 0 Å². The fourth-order valence-corrected chi connectivity index (χ4v) is 5.29. The van der Waals surface area contributed by atoms with E-state index in [0.29, 0.717) is 24.1 Å². The third kappa shape index (κ3) is 4.37. The highest BCUT2D eigenvalue weighted by Gasteiger charge is 2.29. The molecule has 2 aromatic rings. The first-order chi connectivity index (χ1) is 15.6. The molecular formula is C24H35N7O. The Kier molecular flexibility index (Phi) is 6.13.